The standard InChI is InChI=1S/C26H24N4O2S/c1-19-9-5-8-14-23(19)32-17-24-27-28-26(30(24)21-11-3-2-4-12-21)33-18-25(31)29-16-15-20-10-6-7-13-22(20)29/h2-14H,15-18H2,1H3. The van der Waals surface area contributed by atoms with Gasteiger partial charge in [-0.05, 0) is 48.7 Å². The quantitative estimate of drug-likeness (QED) is 0.373. The Morgan fingerprint density at radius 2 is 1.73 bits per heavy atom. The molecule has 1 amide bonds. The van der Waals surface area contributed by atoms with Crippen LogP contribution in [-0.4, -0.2) is 33.0 Å². The second-order valence-corrected chi connectivity index (χ2v) is 8.78. The average molecular weight is 457 g/mol. The van der Waals surface area contributed by atoms with Crippen molar-refractivity contribution in [2.24, 2.45) is 0 Å². The Hall–Kier alpha value is -3.58. The number of rotatable bonds is 7. The molecular weight excluding hydrogens is 432 g/mol. The maximum atomic E-state index is 13.0. The molecule has 7 heteroatoms. The molecule has 1 aliphatic heterocycles. The van der Waals surface area contributed by atoms with Crippen molar-refractivity contribution in [2.75, 3.05) is 17.2 Å². The predicted molar refractivity (Wildman–Crippen MR) is 130 cm³/mol. The Labute approximate surface area is 197 Å². The number of hydrogen-bond acceptors (Lipinski definition) is 5. The molecule has 166 valence electrons. The Bertz CT molecular complexity index is 1270. The summed E-state index contributed by atoms with van der Waals surface area (Å²) in [5, 5.41) is 9.46. The highest BCUT2D eigenvalue weighted by Crippen LogP contribution is 2.29. The molecule has 0 N–H and O–H groups in total. The van der Waals surface area contributed by atoms with Gasteiger partial charge in [-0.15, -0.1) is 10.2 Å². The van der Waals surface area contributed by atoms with Crippen LogP contribution in [-0.2, 0) is 17.8 Å². The number of carbonyl (C=O) groups is 1. The van der Waals surface area contributed by atoms with Crippen molar-refractivity contribution in [1.82, 2.24) is 14.8 Å². The van der Waals surface area contributed by atoms with Crippen molar-refractivity contribution in [3.8, 4) is 11.4 Å². The van der Waals surface area contributed by atoms with Crippen LogP contribution in [0.3, 0.4) is 0 Å². The summed E-state index contributed by atoms with van der Waals surface area (Å²) in [5.74, 6) is 1.87. The normalized spacial score (nSPS) is 12.6. The minimum atomic E-state index is 0.0743. The highest BCUT2D eigenvalue weighted by Gasteiger charge is 2.25. The Kier molecular flexibility index (Phi) is 6.13. The van der Waals surface area contributed by atoms with Gasteiger partial charge in [0.25, 0.3) is 0 Å². The molecule has 6 nitrogen and oxygen atoms in total. The summed E-state index contributed by atoms with van der Waals surface area (Å²) in [7, 11) is 0. The van der Waals surface area contributed by atoms with Crippen molar-refractivity contribution < 1.29 is 9.53 Å². The number of fused-ring (bicyclic) bond motifs is 1. The van der Waals surface area contributed by atoms with Crippen LogP contribution in [0, 0.1) is 6.92 Å². The smallest absolute Gasteiger partial charge is 0.237 e. The molecular formula is C26H24N4O2S. The number of amides is 1. The Balaban J connectivity index is 1.35. The fourth-order valence-corrected chi connectivity index (χ4v) is 4.83. The van der Waals surface area contributed by atoms with Crippen molar-refractivity contribution >= 4 is 23.4 Å². The van der Waals surface area contributed by atoms with Crippen molar-refractivity contribution in [3.05, 3.63) is 95.8 Å². The number of para-hydroxylation sites is 3. The van der Waals surface area contributed by atoms with Gasteiger partial charge >= 0.3 is 0 Å². The number of aromatic nitrogens is 3. The van der Waals surface area contributed by atoms with Gasteiger partial charge in [0.05, 0.1) is 5.75 Å². The Morgan fingerprint density at radius 1 is 0.970 bits per heavy atom. The maximum Gasteiger partial charge on any atom is 0.237 e. The van der Waals surface area contributed by atoms with E-state index in [9.17, 15) is 4.79 Å². The molecule has 0 unspecified atom stereocenters. The first-order valence-electron chi connectivity index (χ1n) is 10.9. The second-order valence-electron chi connectivity index (χ2n) is 7.84. The lowest BCUT2D eigenvalue weighted by Crippen LogP contribution is -2.30. The van der Waals surface area contributed by atoms with E-state index in [1.54, 1.807) is 0 Å². The van der Waals surface area contributed by atoms with Crippen LogP contribution in [0.2, 0.25) is 0 Å². The first kappa shape index (κ1) is 21.3. The van der Waals surface area contributed by atoms with E-state index in [1.165, 1.54) is 17.3 Å². The van der Waals surface area contributed by atoms with Gasteiger partial charge in [-0.2, -0.15) is 0 Å². The molecule has 0 bridgehead atoms. The lowest BCUT2D eigenvalue weighted by molar-refractivity contribution is -0.116. The first-order chi connectivity index (χ1) is 16.2. The summed E-state index contributed by atoms with van der Waals surface area (Å²) < 4.78 is 8.00. The summed E-state index contributed by atoms with van der Waals surface area (Å²) >= 11 is 1.40. The van der Waals surface area contributed by atoms with Crippen LogP contribution in [0.1, 0.15) is 17.0 Å². The number of nitrogens with zero attached hydrogens (tertiary/aromatic N) is 4. The number of anilines is 1. The van der Waals surface area contributed by atoms with Crippen molar-refractivity contribution in [1.29, 1.82) is 0 Å². The summed E-state index contributed by atoms with van der Waals surface area (Å²) in [6.07, 6.45) is 0.896. The van der Waals surface area contributed by atoms with Crippen molar-refractivity contribution in [3.63, 3.8) is 0 Å². The van der Waals surface area contributed by atoms with Gasteiger partial charge in [-0.3, -0.25) is 9.36 Å². The van der Waals surface area contributed by atoms with Gasteiger partial charge in [0.1, 0.15) is 12.4 Å². The number of aryl methyl sites for hydroxylation is 1. The molecule has 33 heavy (non-hydrogen) atoms. The van der Waals surface area contributed by atoms with Gasteiger partial charge in [-0.1, -0.05) is 66.4 Å². The number of thioether (sulfide) groups is 1. The van der Waals surface area contributed by atoms with E-state index < -0.39 is 0 Å². The molecule has 1 aromatic heterocycles. The van der Waals surface area contributed by atoms with E-state index in [2.05, 4.69) is 16.3 Å². The van der Waals surface area contributed by atoms with Gasteiger partial charge < -0.3 is 9.64 Å². The van der Waals surface area contributed by atoms with E-state index in [0.29, 0.717) is 11.0 Å². The van der Waals surface area contributed by atoms with Crippen LogP contribution < -0.4 is 9.64 Å². The van der Waals surface area contributed by atoms with Gasteiger partial charge in [0.2, 0.25) is 5.91 Å². The SMILES string of the molecule is Cc1ccccc1OCc1nnc(SCC(=O)N2CCc3ccccc32)n1-c1ccccc1. The third kappa shape index (κ3) is 4.50. The lowest BCUT2D eigenvalue weighted by atomic mass is 10.2. The number of benzene rings is 3. The number of ether oxygens (including phenoxy) is 1. The topological polar surface area (TPSA) is 60.3 Å². The molecule has 0 atom stereocenters. The number of hydrogen-bond donors (Lipinski definition) is 0. The summed E-state index contributed by atoms with van der Waals surface area (Å²) in [6, 6.07) is 25.9. The highest BCUT2D eigenvalue weighted by molar-refractivity contribution is 7.99. The third-order valence-electron chi connectivity index (χ3n) is 5.68. The van der Waals surface area contributed by atoms with Crippen LogP contribution >= 0.6 is 11.8 Å². The van der Waals surface area contributed by atoms with Crippen molar-refractivity contribution in [2.45, 2.75) is 25.1 Å². The van der Waals surface area contributed by atoms with Crippen LogP contribution in [0.25, 0.3) is 5.69 Å². The third-order valence-corrected chi connectivity index (χ3v) is 6.59. The maximum absolute atomic E-state index is 13.0. The van der Waals surface area contributed by atoms with Crippen LogP contribution in [0.15, 0.2) is 84.0 Å². The molecule has 0 fully saturated rings. The zero-order valence-corrected chi connectivity index (χ0v) is 19.2. The molecule has 4 aromatic rings. The highest BCUT2D eigenvalue weighted by atomic mass is 32.2. The van der Waals surface area contributed by atoms with E-state index in [4.69, 9.17) is 4.74 Å². The Morgan fingerprint density at radius 3 is 2.58 bits per heavy atom. The van der Waals surface area contributed by atoms with E-state index in [1.807, 2.05) is 89.2 Å². The summed E-state index contributed by atoms with van der Waals surface area (Å²) in [6.45, 7) is 3.01. The fraction of sp³-hybridized carbons (Fsp3) is 0.192. The van der Waals surface area contributed by atoms with Crippen LogP contribution in [0.4, 0.5) is 5.69 Å². The average Bonchev–Trinajstić information content (AvgIpc) is 3.47. The van der Waals surface area contributed by atoms with Gasteiger partial charge in [-0.25, -0.2) is 0 Å². The van der Waals surface area contributed by atoms with E-state index in [-0.39, 0.29) is 18.3 Å². The molecule has 0 saturated heterocycles. The minimum absolute atomic E-state index is 0.0743. The fourth-order valence-electron chi connectivity index (χ4n) is 3.99. The molecule has 0 aliphatic carbocycles. The lowest BCUT2D eigenvalue weighted by Gasteiger charge is -2.17. The summed E-state index contributed by atoms with van der Waals surface area (Å²) in [4.78, 5) is 14.9. The van der Waals surface area contributed by atoms with Gasteiger partial charge in [0.15, 0.2) is 11.0 Å². The zero-order valence-electron chi connectivity index (χ0n) is 18.3. The molecule has 0 spiro atoms. The van der Waals surface area contributed by atoms with E-state index >= 15 is 0 Å². The first-order valence-corrected chi connectivity index (χ1v) is 11.9. The zero-order chi connectivity index (χ0) is 22.6. The van der Waals surface area contributed by atoms with Gasteiger partial charge in [0, 0.05) is 17.9 Å². The molecule has 0 saturated carbocycles. The predicted octanol–water partition coefficient (Wildman–Crippen LogP) is 4.84. The molecule has 5 rings (SSSR count). The summed E-state index contributed by atoms with van der Waals surface area (Å²) in [5.41, 5.74) is 4.24. The molecule has 2 heterocycles. The molecule has 3 aromatic carbocycles. The monoisotopic (exact) mass is 456 g/mol. The second kappa shape index (κ2) is 9.50. The van der Waals surface area contributed by atoms with E-state index in [0.717, 1.165) is 35.7 Å². The number of carbonyl (C=O) groups excluding carboxylic acids is 1. The van der Waals surface area contributed by atoms with Crippen LogP contribution in [0.5, 0.6) is 5.75 Å². The molecule has 1 aliphatic rings. The largest absolute Gasteiger partial charge is 0.485 e. The minimum Gasteiger partial charge on any atom is -0.485 e. The molecule has 0 radical (unpaired) electrons.